The molecular weight excluding hydrogens is 268 g/mol. The third-order valence-electron chi connectivity index (χ3n) is 3.06. The van der Waals surface area contributed by atoms with Gasteiger partial charge in [-0.15, -0.1) is 11.3 Å². The highest BCUT2D eigenvalue weighted by molar-refractivity contribution is 7.12. The Morgan fingerprint density at radius 2 is 2.28 bits per heavy atom. The van der Waals surface area contributed by atoms with Crippen LogP contribution in [0.1, 0.15) is 21.7 Å². The van der Waals surface area contributed by atoms with E-state index in [2.05, 4.69) is 21.4 Å². The Morgan fingerprint density at radius 1 is 1.39 bits per heavy atom. The molecule has 2 aromatic heterocycles. The Labute approximate surface area is 114 Å². The number of nitrogen functional groups attached to an aromatic ring is 1. The molecule has 3 rings (SSSR count). The van der Waals surface area contributed by atoms with Crippen LogP contribution >= 0.6 is 22.9 Å². The summed E-state index contributed by atoms with van der Waals surface area (Å²) in [6.07, 6.45) is 5.15. The molecule has 0 saturated heterocycles. The maximum Gasteiger partial charge on any atom is 0.157 e. The van der Waals surface area contributed by atoms with Gasteiger partial charge in [0.2, 0.25) is 0 Å². The van der Waals surface area contributed by atoms with Crippen molar-refractivity contribution in [3.05, 3.63) is 32.9 Å². The second-order valence-electron chi connectivity index (χ2n) is 4.29. The molecule has 0 spiro atoms. The summed E-state index contributed by atoms with van der Waals surface area (Å²) in [6, 6.07) is 2.28. The van der Waals surface area contributed by atoms with Gasteiger partial charge in [-0.2, -0.15) is 0 Å². The van der Waals surface area contributed by atoms with E-state index in [1.165, 1.54) is 40.9 Å². The van der Waals surface area contributed by atoms with Gasteiger partial charge in [0.05, 0.1) is 6.54 Å². The molecule has 4 nitrogen and oxygen atoms in total. The summed E-state index contributed by atoms with van der Waals surface area (Å²) < 4.78 is 0. The summed E-state index contributed by atoms with van der Waals surface area (Å²) in [5.74, 6) is 0.601. The standard InChI is InChI=1S/C12H13ClN4S/c13-11-10(14)12(17-6-16-11)15-5-8-4-7-2-1-3-9(7)18-8/h4,6H,1-3,5,14H2,(H,15,16,17). The number of nitrogens with zero attached hydrogens (tertiary/aromatic N) is 2. The normalized spacial score (nSPS) is 13.6. The molecule has 0 fully saturated rings. The summed E-state index contributed by atoms with van der Waals surface area (Å²) in [7, 11) is 0. The van der Waals surface area contributed by atoms with Crippen LogP contribution in [0, 0.1) is 0 Å². The zero-order valence-electron chi connectivity index (χ0n) is 9.74. The zero-order chi connectivity index (χ0) is 12.5. The summed E-state index contributed by atoms with van der Waals surface area (Å²) in [5.41, 5.74) is 7.71. The Balaban J connectivity index is 1.72. The quantitative estimate of drug-likeness (QED) is 0.849. The molecule has 6 heteroatoms. The van der Waals surface area contributed by atoms with Gasteiger partial charge in [-0.3, -0.25) is 0 Å². The van der Waals surface area contributed by atoms with Crippen molar-refractivity contribution >= 4 is 34.4 Å². The van der Waals surface area contributed by atoms with Crippen LogP contribution in [-0.2, 0) is 19.4 Å². The molecule has 0 aliphatic heterocycles. The molecule has 0 bridgehead atoms. The first kappa shape index (κ1) is 11.7. The second kappa shape index (κ2) is 4.74. The summed E-state index contributed by atoms with van der Waals surface area (Å²) in [4.78, 5) is 10.8. The highest BCUT2D eigenvalue weighted by Gasteiger charge is 2.15. The second-order valence-corrected chi connectivity index (χ2v) is 5.87. The molecule has 0 radical (unpaired) electrons. The van der Waals surface area contributed by atoms with Gasteiger partial charge < -0.3 is 11.1 Å². The lowest BCUT2D eigenvalue weighted by Gasteiger charge is -2.07. The summed E-state index contributed by atoms with van der Waals surface area (Å²) >= 11 is 7.71. The lowest BCUT2D eigenvalue weighted by atomic mass is 10.2. The first-order valence-corrected chi connectivity index (χ1v) is 7.04. The molecule has 1 aliphatic carbocycles. The van der Waals surface area contributed by atoms with Gasteiger partial charge in [0.1, 0.15) is 12.0 Å². The zero-order valence-corrected chi connectivity index (χ0v) is 11.3. The van der Waals surface area contributed by atoms with Crippen LogP contribution in [0.25, 0.3) is 0 Å². The van der Waals surface area contributed by atoms with Crippen LogP contribution in [-0.4, -0.2) is 9.97 Å². The van der Waals surface area contributed by atoms with Gasteiger partial charge in [-0.1, -0.05) is 11.6 Å². The van der Waals surface area contributed by atoms with Crippen molar-refractivity contribution < 1.29 is 0 Å². The molecule has 0 amide bonds. The molecule has 94 valence electrons. The average molecular weight is 281 g/mol. The fourth-order valence-electron chi connectivity index (χ4n) is 2.16. The number of hydrogen-bond donors (Lipinski definition) is 2. The fraction of sp³-hybridized carbons (Fsp3) is 0.333. The van der Waals surface area contributed by atoms with Gasteiger partial charge >= 0.3 is 0 Å². The lowest BCUT2D eigenvalue weighted by Crippen LogP contribution is -2.04. The van der Waals surface area contributed by atoms with Crippen LogP contribution in [0.3, 0.4) is 0 Å². The van der Waals surface area contributed by atoms with Crippen molar-refractivity contribution in [1.82, 2.24) is 9.97 Å². The molecule has 18 heavy (non-hydrogen) atoms. The maximum atomic E-state index is 5.84. The first-order chi connectivity index (χ1) is 8.74. The molecule has 0 atom stereocenters. The number of fused-ring (bicyclic) bond motifs is 1. The van der Waals surface area contributed by atoms with Crippen LogP contribution in [0.2, 0.25) is 5.15 Å². The third kappa shape index (κ3) is 2.15. The number of aryl methyl sites for hydroxylation is 2. The average Bonchev–Trinajstić information content (AvgIpc) is 2.91. The first-order valence-electron chi connectivity index (χ1n) is 5.84. The molecule has 1 aliphatic rings. The Hall–Kier alpha value is -1.33. The Kier molecular flexibility index (Phi) is 3.09. The van der Waals surface area contributed by atoms with Gasteiger partial charge in [0.15, 0.2) is 11.0 Å². The van der Waals surface area contributed by atoms with Crippen molar-refractivity contribution in [2.24, 2.45) is 0 Å². The van der Waals surface area contributed by atoms with E-state index < -0.39 is 0 Å². The topological polar surface area (TPSA) is 63.8 Å². The van der Waals surface area contributed by atoms with Crippen LogP contribution in [0.4, 0.5) is 11.5 Å². The van der Waals surface area contributed by atoms with E-state index in [0.29, 0.717) is 16.7 Å². The van der Waals surface area contributed by atoms with E-state index in [1.54, 1.807) is 0 Å². The molecule has 2 aromatic rings. The number of anilines is 2. The highest BCUT2D eigenvalue weighted by atomic mass is 35.5. The van der Waals surface area contributed by atoms with Crippen molar-refractivity contribution in [2.75, 3.05) is 11.1 Å². The summed E-state index contributed by atoms with van der Waals surface area (Å²) in [6.45, 7) is 0.731. The number of aromatic nitrogens is 2. The largest absolute Gasteiger partial charge is 0.393 e. The minimum absolute atomic E-state index is 0.293. The number of rotatable bonds is 3. The van der Waals surface area contributed by atoms with E-state index in [0.717, 1.165) is 6.54 Å². The minimum atomic E-state index is 0.293. The van der Waals surface area contributed by atoms with Gasteiger partial charge in [0.25, 0.3) is 0 Å². The van der Waals surface area contributed by atoms with Crippen LogP contribution < -0.4 is 11.1 Å². The molecule has 3 N–H and O–H groups in total. The van der Waals surface area contributed by atoms with E-state index in [9.17, 15) is 0 Å². The number of halogens is 1. The molecular formula is C12H13ClN4S. The van der Waals surface area contributed by atoms with E-state index in [4.69, 9.17) is 17.3 Å². The molecule has 0 unspecified atom stereocenters. The number of nitrogens with two attached hydrogens (primary N) is 1. The predicted molar refractivity (Wildman–Crippen MR) is 75.1 cm³/mol. The number of thiophene rings is 1. The lowest BCUT2D eigenvalue weighted by molar-refractivity contribution is 0.913. The van der Waals surface area contributed by atoms with Gasteiger partial charge in [-0.25, -0.2) is 9.97 Å². The third-order valence-corrected chi connectivity index (χ3v) is 4.60. The highest BCUT2D eigenvalue weighted by Crippen LogP contribution is 2.31. The smallest absolute Gasteiger partial charge is 0.157 e. The van der Waals surface area contributed by atoms with E-state index >= 15 is 0 Å². The monoisotopic (exact) mass is 280 g/mol. The maximum absolute atomic E-state index is 5.84. The van der Waals surface area contributed by atoms with Crippen molar-refractivity contribution in [2.45, 2.75) is 25.8 Å². The van der Waals surface area contributed by atoms with E-state index in [-0.39, 0.29) is 0 Å². The van der Waals surface area contributed by atoms with Crippen molar-refractivity contribution in [1.29, 1.82) is 0 Å². The van der Waals surface area contributed by atoms with Crippen molar-refractivity contribution in [3.63, 3.8) is 0 Å². The van der Waals surface area contributed by atoms with Crippen LogP contribution in [0.5, 0.6) is 0 Å². The van der Waals surface area contributed by atoms with E-state index in [1.807, 2.05) is 11.3 Å². The molecule has 2 heterocycles. The SMILES string of the molecule is Nc1c(Cl)ncnc1NCc1cc2c(s1)CCC2. The fourth-order valence-corrected chi connectivity index (χ4v) is 3.50. The van der Waals surface area contributed by atoms with Crippen LogP contribution in [0.15, 0.2) is 12.4 Å². The Morgan fingerprint density at radius 3 is 3.11 bits per heavy atom. The Bertz CT molecular complexity index is 560. The molecule has 0 aromatic carbocycles. The predicted octanol–water partition coefficient (Wildman–Crippen LogP) is 2.87. The molecule has 0 saturated carbocycles. The number of nitrogens with one attached hydrogen (secondary N) is 1. The van der Waals surface area contributed by atoms with Crippen molar-refractivity contribution in [3.8, 4) is 0 Å². The minimum Gasteiger partial charge on any atom is -0.393 e. The van der Waals surface area contributed by atoms with Gasteiger partial charge in [0, 0.05) is 9.75 Å². The van der Waals surface area contributed by atoms with Gasteiger partial charge in [-0.05, 0) is 30.9 Å². The summed E-state index contributed by atoms with van der Waals surface area (Å²) in [5, 5.41) is 3.50. The number of hydrogen-bond acceptors (Lipinski definition) is 5.